The number of ether oxygens (including phenoxy) is 1. The average Bonchev–Trinajstić information content (AvgIpc) is 3.25. The standard InChI is InChI=1S/C18H29N3O3/c1-14-19-17(20-24-14)10-12-23-16-7-4-11-21(13-16)18(22)9-8-15-5-2-3-6-15/h15-16H,2-13H2,1H3. The molecule has 0 bridgehead atoms. The number of aryl methyl sites for hydroxylation is 1. The number of likely N-dealkylation sites (tertiary alicyclic amines) is 1. The Bertz CT molecular complexity index is 525. The van der Waals surface area contributed by atoms with Crippen molar-refractivity contribution in [3.05, 3.63) is 11.7 Å². The number of aromatic nitrogens is 2. The summed E-state index contributed by atoms with van der Waals surface area (Å²) in [6.07, 6.45) is 9.95. The van der Waals surface area contributed by atoms with Gasteiger partial charge in [0.2, 0.25) is 11.8 Å². The molecule has 1 aromatic rings. The smallest absolute Gasteiger partial charge is 0.223 e. The van der Waals surface area contributed by atoms with Crippen LogP contribution in [0.3, 0.4) is 0 Å². The van der Waals surface area contributed by atoms with Gasteiger partial charge in [0.25, 0.3) is 0 Å². The summed E-state index contributed by atoms with van der Waals surface area (Å²) in [5.41, 5.74) is 0. The molecule has 0 radical (unpaired) electrons. The van der Waals surface area contributed by atoms with Crippen LogP contribution in [0.4, 0.5) is 0 Å². The largest absolute Gasteiger partial charge is 0.376 e. The van der Waals surface area contributed by atoms with Crippen molar-refractivity contribution >= 4 is 5.91 Å². The van der Waals surface area contributed by atoms with Gasteiger partial charge in [0.1, 0.15) is 0 Å². The minimum Gasteiger partial charge on any atom is -0.376 e. The molecule has 3 rings (SSSR count). The second-order valence-corrected chi connectivity index (χ2v) is 7.14. The maximum atomic E-state index is 12.4. The maximum absolute atomic E-state index is 12.4. The van der Waals surface area contributed by atoms with Crippen LogP contribution in [0.5, 0.6) is 0 Å². The summed E-state index contributed by atoms with van der Waals surface area (Å²) < 4.78 is 10.9. The molecule has 2 aliphatic rings. The number of rotatable bonds is 7. The molecule has 0 spiro atoms. The highest BCUT2D eigenvalue weighted by Gasteiger charge is 2.25. The Morgan fingerprint density at radius 1 is 1.29 bits per heavy atom. The van der Waals surface area contributed by atoms with E-state index in [1.165, 1.54) is 25.7 Å². The zero-order valence-corrected chi connectivity index (χ0v) is 14.7. The fourth-order valence-corrected chi connectivity index (χ4v) is 3.85. The van der Waals surface area contributed by atoms with Crippen LogP contribution in [0.2, 0.25) is 0 Å². The van der Waals surface area contributed by atoms with E-state index < -0.39 is 0 Å². The summed E-state index contributed by atoms with van der Waals surface area (Å²) in [4.78, 5) is 18.6. The van der Waals surface area contributed by atoms with Crippen LogP contribution in [0.1, 0.15) is 63.1 Å². The minimum atomic E-state index is 0.141. The van der Waals surface area contributed by atoms with Crippen LogP contribution in [-0.2, 0) is 16.0 Å². The number of amides is 1. The topological polar surface area (TPSA) is 68.5 Å². The van der Waals surface area contributed by atoms with Crippen LogP contribution < -0.4 is 0 Å². The highest BCUT2D eigenvalue weighted by atomic mass is 16.5. The van der Waals surface area contributed by atoms with Crippen molar-refractivity contribution in [1.29, 1.82) is 0 Å². The third-order valence-electron chi connectivity index (χ3n) is 5.22. The fraction of sp³-hybridized carbons (Fsp3) is 0.833. The first-order valence-electron chi connectivity index (χ1n) is 9.39. The Hall–Kier alpha value is -1.43. The Balaban J connectivity index is 1.36. The van der Waals surface area contributed by atoms with Gasteiger partial charge in [-0.15, -0.1) is 0 Å². The normalized spacial score (nSPS) is 22.2. The number of hydrogen-bond donors (Lipinski definition) is 0. The molecule has 0 N–H and O–H groups in total. The molecule has 1 aromatic heterocycles. The van der Waals surface area contributed by atoms with E-state index in [9.17, 15) is 4.79 Å². The predicted molar refractivity (Wildman–Crippen MR) is 89.5 cm³/mol. The Kier molecular flexibility index (Phi) is 6.24. The zero-order chi connectivity index (χ0) is 16.8. The van der Waals surface area contributed by atoms with E-state index in [0.29, 0.717) is 37.1 Å². The van der Waals surface area contributed by atoms with Gasteiger partial charge in [0, 0.05) is 32.9 Å². The highest BCUT2D eigenvalue weighted by molar-refractivity contribution is 5.76. The van der Waals surface area contributed by atoms with E-state index in [4.69, 9.17) is 9.26 Å². The molecular formula is C18H29N3O3. The van der Waals surface area contributed by atoms with Gasteiger partial charge in [-0.25, -0.2) is 0 Å². The Labute approximate surface area is 143 Å². The van der Waals surface area contributed by atoms with E-state index in [0.717, 1.165) is 38.3 Å². The molecular weight excluding hydrogens is 306 g/mol. The molecule has 6 nitrogen and oxygen atoms in total. The highest BCUT2D eigenvalue weighted by Crippen LogP contribution is 2.29. The molecule has 134 valence electrons. The number of hydrogen-bond acceptors (Lipinski definition) is 5. The zero-order valence-electron chi connectivity index (χ0n) is 14.7. The van der Waals surface area contributed by atoms with Crippen molar-refractivity contribution in [2.24, 2.45) is 5.92 Å². The molecule has 2 fully saturated rings. The van der Waals surface area contributed by atoms with Gasteiger partial charge in [-0.2, -0.15) is 4.98 Å². The lowest BCUT2D eigenvalue weighted by atomic mass is 10.0. The van der Waals surface area contributed by atoms with Crippen LogP contribution in [0.15, 0.2) is 4.52 Å². The van der Waals surface area contributed by atoms with Gasteiger partial charge in [0.15, 0.2) is 5.82 Å². The summed E-state index contributed by atoms with van der Waals surface area (Å²) in [5.74, 6) is 2.36. The third-order valence-corrected chi connectivity index (χ3v) is 5.22. The number of carbonyl (C=O) groups is 1. The van der Waals surface area contributed by atoms with E-state index in [1.807, 2.05) is 4.90 Å². The van der Waals surface area contributed by atoms with Crippen molar-refractivity contribution < 1.29 is 14.1 Å². The van der Waals surface area contributed by atoms with E-state index >= 15 is 0 Å². The van der Waals surface area contributed by atoms with Crippen molar-refractivity contribution in [2.75, 3.05) is 19.7 Å². The number of piperidine rings is 1. The van der Waals surface area contributed by atoms with E-state index in [2.05, 4.69) is 10.1 Å². The molecule has 2 heterocycles. The lowest BCUT2D eigenvalue weighted by molar-refractivity contribution is -0.135. The average molecular weight is 335 g/mol. The summed E-state index contributed by atoms with van der Waals surface area (Å²) in [7, 11) is 0. The number of nitrogens with zero attached hydrogens (tertiary/aromatic N) is 3. The van der Waals surface area contributed by atoms with Crippen molar-refractivity contribution in [1.82, 2.24) is 15.0 Å². The van der Waals surface area contributed by atoms with Gasteiger partial charge in [-0.3, -0.25) is 4.79 Å². The monoisotopic (exact) mass is 335 g/mol. The molecule has 1 saturated heterocycles. The van der Waals surface area contributed by atoms with Crippen molar-refractivity contribution in [3.63, 3.8) is 0 Å². The van der Waals surface area contributed by atoms with Gasteiger partial charge in [-0.1, -0.05) is 30.8 Å². The van der Waals surface area contributed by atoms with Crippen LogP contribution in [0, 0.1) is 12.8 Å². The Morgan fingerprint density at radius 2 is 2.12 bits per heavy atom. The lowest BCUT2D eigenvalue weighted by Gasteiger charge is -2.33. The lowest BCUT2D eigenvalue weighted by Crippen LogP contribution is -2.43. The quantitative estimate of drug-likeness (QED) is 0.766. The second kappa shape index (κ2) is 8.60. The summed E-state index contributed by atoms with van der Waals surface area (Å²) in [6.45, 7) is 3.98. The van der Waals surface area contributed by atoms with E-state index in [-0.39, 0.29) is 6.10 Å². The molecule has 1 amide bonds. The second-order valence-electron chi connectivity index (χ2n) is 7.14. The third kappa shape index (κ3) is 5.03. The molecule has 1 aliphatic heterocycles. The summed E-state index contributed by atoms with van der Waals surface area (Å²) in [6, 6.07) is 0. The SMILES string of the molecule is Cc1nc(CCOC2CCCN(C(=O)CCC3CCCC3)C2)no1. The van der Waals surface area contributed by atoms with Gasteiger partial charge < -0.3 is 14.2 Å². The predicted octanol–water partition coefficient (Wildman–Crippen LogP) is 2.90. The van der Waals surface area contributed by atoms with Gasteiger partial charge >= 0.3 is 0 Å². The Morgan fingerprint density at radius 3 is 2.88 bits per heavy atom. The molecule has 24 heavy (non-hydrogen) atoms. The van der Waals surface area contributed by atoms with Crippen molar-refractivity contribution in [3.8, 4) is 0 Å². The first-order valence-corrected chi connectivity index (χ1v) is 9.39. The first-order chi connectivity index (χ1) is 11.7. The van der Waals surface area contributed by atoms with E-state index in [1.54, 1.807) is 6.92 Å². The molecule has 1 saturated carbocycles. The molecule has 1 atom stereocenters. The summed E-state index contributed by atoms with van der Waals surface area (Å²) >= 11 is 0. The molecule has 0 aromatic carbocycles. The number of carbonyl (C=O) groups excluding carboxylic acids is 1. The van der Waals surface area contributed by atoms with Gasteiger partial charge in [0.05, 0.1) is 12.7 Å². The van der Waals surface area contributed by atoms with Gasteiger partial charge in [-0.05, 0) is 25.2 Å². The minimum absolute atomic E-state index is 0.141. The first kappa shape index (κ1) is 17.4. The molecule has 1 aliphatic carbocycles. The van der Waals surface area contributed by atoms with Crippen LogP contribution in [0.25, 0.3) is 0 Å². The van der Waals surface area contributed by atoms with Crippen LogP contribution >= 0.6 is 0 Å². The molecule has 6 heteroatoms. The maximum Gasteiger partial charge on any atom is 0.223 e. The summed E-state index contributed by atoms with van der Waals surface area (Å²) in [5, 5.41) is 3.87. The van der Waals surface area contributed by atoms with Crippen molar-refractivity contribution in [2.45, 2.75) is 70.8 Å². The fourth-order valence-electron chi connectivity index (χ4n) is 3.85. The molecule has 1 unspecified atom stereocenters. The van der Waals surface area contributed by atoms with Crippen LogP contribution in [-0.4, -0.2) is 46.7 Å².